The van der Waals surface area contributed by atoms with Crippen molar-refractivity contribution < 1.29 is 14.3 Å². The van der Waals surface area contributed by atoms with E-state index in [2.05, 4.69) is 31.2 Å². The molecule has 1 fully saturated rings. The summed E-state index contributed by atoms with van der Waals surface area (Å²) in [5.41, 5.74) is 2.27. The highest BCUT2D eigenvalue weighted by atomic mass is 35.5. The molecular weight excluding hydrogens is 386 g/mol. The number of phenols is 1. The second-order valence-corrected chi connectivity index (χ2v) is 9.20. The summed E-state index contributed by atoms with van der Waals surface area (Å²) < 4.78 is 6.83. The molecular formula is C23H31ClN3O2+. The zero-order valence-corrected chi connectivity index (χ0v) is 18.3. The van der Waals surface area contributed by atoms with E-state index in [0.29, 0.717) is 34.6 Å². The standard InChI is InChI=1S/C23H30ClN3O2/c1-17-4-11-22(12-5-17)29-16-27(2,3)15-18-14-21(10-13-23(18)28)26-25-20-8-6-19(24)7-9-20/h6-10,13-14,17,22H,4-5,11-12,15-16H2,1-3H3/p+1. The van der Waals surface area contributed by atoms with Crippen LogP contribution in [0.3, 0.4) is 0 Å². The highest BCUT2D eigenvalue weighted by Gasteiger charge is 2.24. The molecule has 156 valence electrons. The Morgan fingerprint density at radius 2 is 1.62 bits per heavy atom. The summed E-state index contributed by atoms with van der Waals surface area (Å²) in [5, 5.41) is 19.5. The number of quaternary nitrogens is 1. The molecule has 2 aromatic carbocycles. The van der Waals surface area contributed by atoms with E-state index in [9.17, 15) is 5.11 Å². The second kappa shape index (κ2) is 9.70. The summed E-state index contributed by atoms with van der Waals surface area (Å²) in [4.78, 5) is 0. The Hall–Kier alpha value is -1.95. The molecule has 5 nitrogen and oxygen atoms in total. The van der Waals surface area contributed by atoms with Gasteiger partial charge in [-0.15, -0.1) is 0 Å². The van der Waals surface area contributed by atoms with Crippen LogP contribution in [0.4, 0.5) is 11.4 Å². The van der Waals surface area contributed by atoms with Crippen LogP contribution in [0.25, 0.3) is 0 Å². The number of hydrogen-bond donors (Lipinski definition) is 1. The van der Waals surface area contributed by atoms with E-state index in [1.165, 1.54) is 12.8 Å². The molecule has 0 heterocycles. The molecule has 0 unspecified atom stereocenters. The number of phenolic OH excluding ortho intramolecular Hbond substituents is 1. The maximum absolute atomic E-state index is 10.3. The van der Waals surface area contributed by atoms with Crippen LogP contribution in [0.1, 0.15) is 38.2 Å². The van der Waals surface area contributed by atoms with Crippen molar-refractivity contribution in [3.8, 4) is 5.75 Å². The molecule has 0 spiro atoms. The van der Waals surface area contributed by atoms with Gasteiger partial charge in [0.05, 0.1) is 37.1 Å². The molecule has 1 saturated carbocycles. The highest BCUT2D eigenvalue weighted by molar-refractivity contribution is 6.30. The average Bonchev–Trinajstić information content (AvgIpc) is 2.69. The molecule has 0 atom stereocenters. The molecule has 6 heteroatoms. The van der Waals surface area contributed by atoms with Crippen molar-refractivity contribution in [1.82, 2.24) is 0 Å². The van der Waals surface area contributed by atoms with Gasteiger partial charge < -0.3 is 14.3 Å². The van der Waals surface area contributed by atoms with Gasteiger partial charge >= 0.3 is 0 Å². The molecule has 0 aliphatic heterocycles. The molecule has 0 aromatic heterocycles. The summed E-state index contributed by atoms with van der Waals surface area (Å²) in [6, 6.07) is 12.5. The first-order chi connectivity index (χ1) is 13.8. The fraction of sp³-hybridized carbons (Fsp3) is 0.478. The molecule has 1 aliphatic rings. The Labute approximate surface area is 178 Å². The first-order valence-corrected chi connectivity index (χ1v) is 10.6. The monoisotopic (exact) mass is 416 g/mol. The minimum atomic E-state index is 0.271. The molecule has 1 aliphatic carbocycles. The van der Waals surface area contributed by atoms with Crippen molar-refractivity contribution >= 4 is 23.0 Å². The maximum Gasteiger partial charge on any atom is 0.183 e. The molecule has 2 aromatic rings. The van der Waals surface area contributed by atoms with Gasteiger partial charge in [0.25, 0.3) is 0 Å². The van der Waals surface area contributed by atoms with Gasteiger partial charge in [-0.3, -0.25) is 0 Å². The first kappa shape index (κ1) is 21.8. The van der Waals surface area contributed by atoms with Crippen molar-refractivity contribution in [3.63, 3.8) is 0 Å². The fourth-order valence-electron chi connectivity index (χ4n) is 3.59. The largest absolute Gasteiger partial charge is 0.507 e. The Morgan fingerprint density at radius 1 is 1.00 bits per heavy atom. The Bertz CT molecular complexity index is 829. The molecule has 0 saturated heterocycles. The van der Waals surface area contributed by atoms with Crippen LogP contribution < -0.4 is 0 Å². The number of benzene rings is 2. The normalized spacial score (nSPS) is 20.3. The maximum atomic E-state index is 10.3. The average molecular weight is 417 g/mol. The van der Waals surface area contributed by atoms with Gasteiger partial charge in [0.2, 0.25) is 0 Å². The van der Waals surface area contributed by atoms with Gasteiger partial charge in [-0.25, -0.2) is 0 Å². The van der Waals surface area contributed by atoms with E-state index in [1.807, 2.05) is 18.2 Å². The summed E-state index contributed by atoms with van der Waals surface area (Å²) in [7, 11) is 4.24. The number of hydrogen-bond acceptors (Lipinski definition) is 4. The fourth-order valence-corrected chi connectivity index (χ4v) is 3.72. The first-order valence-electron chi connectivity index (χ1n) is 10.2. The number of nitrogens with zero attached hydrogens (tertiary/aromatic N) is 3. The lowest BCUT2D eigenvalue weighted by Gasteiger charge is -2.33. The van der Waals surface area contributed by atoms with Gasteiger partial charge in [-0.1, -0.05) is 18.5 Å². The number of halogens is 1. The summed E-state index contributed by atoms with van der Waals surface area (Å²) in [6.07, 6.45) is 5.15. The third-order valence-corrected chi connectivity index (χ3v) is 5.64. The van der Waals surface area contributed by atoms with Crippen molar-refractivity contribution in [2.45, 2.75) is 45.3 Å². The van der Waals surface area contributed by atoms with Crippen molar-refractivity contribution in [2.75, 3.05) is 20.8 Å². The molecule has 29 heavy (non-hydrogen) atoms. The van der Waals surface area contributed by atoms with Gasteiger partial charge in [-0.2, -0.15) is 10.2 Å². The molecule has 0 amide bonds. The van der Waals surface area contributed by atoms with E-state index in [1.54, 1.807) is 24.3 Å². The topological polar surface area (TPSA) is 54.2 Å². The van der Waals surface area contributed by atoms with Crippen LogP contribution in [-0.2, 0) is 11.3 Å². The predicted molar refractivity (Wildman–Crippen MR) is 117 cm³/mol. The van der Waals surface area contributed by atoms with Crippen LogP contribution in [0.15, 0.2) is 52.7 Å². The number of ether oxygens (including phenoxy) is 1. The Kier molecular flexibility index (Phi) is 7.28. The molecule has 1 N–H and O–H groups in total. The minimum Gasteiger partial charge on any atom is -0.507 e. The predicted octanol–water partition coefficient (Wildman–Crippen LogP) is 6.59. The summed E-state index contributed by atoms with van der Waals surface area (Å²) in [5.74, 6) is 1.09. The van der Waals surface area contributed by atoms with Gasteiger partial charge in [0.1, 0.15) is 12.3 Å². The van der Waals surface area contributed by atoms with Gasteiger partial charge in [-0.05, 0) is 74.1 Å². The molecule has 0 bridgehead atoms. The highest BCUT2D eigenvalue weighted by Crippen LogP contribution is 2.29. The van der Waals surface area contributed by atoms with E-state index in [0.717, 1.165) is 30.0 Å². The number of azo groups is 1. The van der Waals surface area contributed by atoms with E-state index >= 15 is 0 Å². The van der Waals surface area contributed by atoms with Crippen LogP contribution in [-0.4, -0.2) is 36.5 Å². The van der Waals surface area contributed by atoms with E-state index in [-0.39, 0.29) is 5.75 Å². The summed E-state index contributed by atoms with van der Waals surface area (Å²) in [6.45, 7) is 3.59. The van der Waals surface area contributed by atoms with Gasteiger partial charge in [0, 0.05) is 5.02 Å². The Morgan fingerprint density at radius 3 is 2.31 bits per heavy atom. The van der Waals surface area contributed by atoms with Crippen LogP contribution >= 0.6 is 11.6 Å². The number of aromatic hydroxyl groups is 1. The van der Waals surface area contributed by atoms with Crippen LogP contribution in [0.2, 0.25) is 5.02 Å². The second-order valence-electron chi connectivity index (χ2n) is 8.76. The zero-order valence-electron chi connectivity index (χ0n) is 17.5. The minimum absolute atomic E-state index is 0.271. The smallest absolute Gasteiger partial charge is 0.183 e. The number of rotatable bonds is 7. The molecule has 0 radical (unpaired) electrons. The van der Waals surface area contributed by atoms with E-state index in [4.69, 9.17) is 16.3 Å². The zero-order chi connectivity index (χ0) is 20.9. The van der Waals surface area contributed by atoms with Crippen LogP contribution in [0, 0.1) is 5.92 Å². The lowest BCUT2D eigenvalue weighted by molar-refractivity contribution is -0.923. The molecule has 3 rings (SSSR count). The SMILES string of the molecule is CC1CCC(OC[N+](C)(C)Cc2cc(N=Nc3ccc(Cl)cc3)ccc2O)CC1. The third-order valence-electron chi connectivity index (χ3n) is 5.39. The summed E-state index contributed by atoms with van der Waals surface area (Å²) >= 11 is 5.90. The van der Waals surface area contributed by atoms with Crippen molar-refractivity contribution in [3.05, 3.63) is 53.1 Å². The lowest BCUT2D eigenvalue weighted by atomic mass is 9.89. The Balaban J connectivity index is 1.61. The quantitative estimate of drug-likeness (QED) is 0.314. The lowest BCUT2D eigenvalue weighted by Crippen LogP contribution is -2.42. The third kappa shape index (κ3) is 6.81. The van der Waals surface area contributed by atoms with Crippen molar-refractivity contribution in [1.29, 1.82) is 0 Å². The van der Waals surface area contributed by atoms with Crippen molar-refractivity contribution in [2.24, 2.45) is 16.1 Å². The van der Waals surface area contributed by atoms with Crippen LogP contribution in [0.5, 0.6) is 5.75 Å². The van der Waals surface area contributed by atoms with Gasteiger partial charge in [0.15, 0.2) is 6.73 Å². The van der Waals surface area contributed by atoms with E-state index < -0.39 is 0 Å².